The average molecular weight is 311 g/mol. The summed E-state index contributed by atoms with van der Waals surface area (Å²) in [5.41, 5.74) is 5.23. The summed E-state index contributed by atoms with van der Waals surface area (Å²) in [5.74, 6) is -0.564. The van der Waals surface area contributed by atoms with Crippen molar-refractivity contribution in [2.75, 3.05) is 5.32 Å². The fraction of sp³-hybridized carbons (Fsp3) is 0.211. The third kappa shape index (κ3) is 3.11. The van der Waals surface area contributed by atoms with E-state index < -0.39 is 0 Å². The first-order valence-electron chi connectivity index (χ1n) is 7.47. The van der Waals surface area contributed by atoms with Crippen molar-refractivity contribution in [1.82, 2.24) is 0 Å². The molecule has 4 heteroatoms. The molecule has 1 amide bonds. The molecule has 0 bridgehead atoms. The Kier molecular flexibility index (Phi) is 3.90. The van der Waals surface area contributed by atoms with Crippen molar-refractivity contribution < 1.29 is 13.6 Å². The number of hydrogen-bond acceptors (Lipinski definition) is 2. The first-order valence-corrected chi connectivity index (χ1v) is 7.47. The Morgan fingerprint density at radius 1 is 1.09 bits per heavy atom. The fourth-order valence-electron chi connectivity index (χ4n) is 2.57. The SMILES string of the molecule is Cc1cc2occ(CC(=O)Nc3cc(F)ccc3C)c2cc1C. The van der Waals surface area contributed by atoms with Crippen molar-refractivity contribution in [3.8, 4) is 0 Å². The third-order valence-corrected chi connectivity index (χ3v) is 4.09. The molecule has 1 heterocycles. The summed E-state index contributed by atoms with van der Waals surface area (Å²) in [5, 5.41) is 3.70. The lowest BCUT2D eigenvalue weighted by molar-refractivity contribution is -0.115. The Morgan fingerprint density at radius 3 is 2.61 bits per heavy atom. The van der Waals surface area contributed by atoms with Crippen LogP contribution in [0.25, 0.3) is 11.0 Å². The van der Waals surface area contributed by atoms with Gasteiger partial charge in [0.15, 0.2) is 0 Å². The van der Waals surface area contributed by atoms with Crippen LogP contribution >= 0.6 is 0 Å². The van der Waals surface area contributed by atoms with Gasteiger partial charge in [0.05, 0.1) is 12.7 Å². The molecule has 3 rings (SSSR count). The van der Waals surface area contributed by atoms with E-state index in [9.17, 15) is 9.18 Å². The van der Waals surface area contributed by atoms with Crippen LogP contribution in [0.15, 0.2) is 41.0 Å². The van der Waals surface area contributed by atoms with E-state index in [-0.39, 0.29) is 18.1 Å². The minimum atomic E-state index is -0.370. The molecule has 118 valence electrons. The van der Waals surface area contributed by atoms with Crippen molar-refractivity contribution in [2.24, 2.45) is 0 Å². The third-order valence-electron chi connectivity index (χ3n) is 4.09. The molecule has 0 aliphatic rings. The first kappa shape index (κ1) is 15.3. The van der Waals surface area contributed by atoms with Gasteiger partial charge >= 0.3 is 0 Å². The highest BCUT2D eigenvalue weighted by molar-refractivity contribution is 5.96. The van der Waals surface area contributed by atoms with E-state index in [1.54, 1.807) is 12.3 Å². The Bertz CT molecular complexity index is 896. The van der Waals surface area contributed by atoms with E-state index >= 15 is 0 Å². The monoisotopic (exact) mass is 311 g/mol. The van der Waals surface area contributed by atoms with E-state index in [0.717, 1.165) is 33.2 Å². The maximum Gasteiger partial charge on any atom is 0.228 e. The number of hydrogen-bond donors (Lipinski definition) is 1. The summed E-state index contributed by atoms with van der Waals surface area (Å²) < 4.78 is 18.8. The number of benzene rings is 2. The Morgan fingerprint density at radius 2 is 1.83 bits per heavy atom. The summed E-state index contributed by atoms with van der Waals surface area (Å²) in [4.78, 5) is 12.3. The number of furan rings is 1. The zero-order valence-electron chi connectivity index (χ0n) is 13.4. The number of nitrogens with one attached hydrogen (secondary N) is 1. The summed E-state index contributed by atoms with van der Waals surface area (Å²) >= 11 is 0. The number of anilines is 1. The lowest BCUT2D eigenvalue weighted by atomic mass is 10.0. The molecule has 23 heavy (non-hydrogen) atoms. The predicted molar refractivity (Wildman–Crippen MR) is 89.2 cm³/mol. The van der Waals surface area contributed by atoms with Crippen LogP contribution in [-0.4, -0.2) is 5.91 Å². The Hall–Kier alpha value is -2.62. The molecule has 3 nitrogen and oxygen atoms in total. The Balaban J connectivity index is 1.83. The van der Waals surface area contributed by atoms with Crippen molar-refractivity contribution in [1.29, 1.82) is 0 Å². The van der Waals surface area contributed by atoms with E-state index in [1.165, 1.54) is 12.1 Å². The van der Waals surface area contributed by atoms with Crippen LogP contribution in [0.4, 0.5) is 10.1 Å². The second-order valence-electron chi connectivity index (χ2n) is 5.88. The lowest BCUT2D eigenvalue weighted by Gasteiger charge is -2.08. The van der Waals surface area contributed by atoms with Crippen LogP contribution < -0.4 is 5.32 Å². The maximum absolute atomic E-state index is 13.3. The average Bonchev–Trinajstić information content (AvgIpc) is 2.85. The molecule has 0 saturated carbocycles. The number of aryl methyl sites for hydroxylation is 3. The summed E-state index contributed by atoms with van der Waals surface area (Å²) in [6, 6.07) is 8.35. The van der Waals surface area contributed by atoms with E-state index in [1.807, 2.05) is 32.9 Å². The van der Waals surface area contributed by atoms with E-state index in [4.69, 9.17) is 4.42 Å². The molecule has 3 aromatic rings. The molecule has 0 unspecified atom stereocenters. The summed E-state index contributed by atoms with van der Waals surface area (Å²) in [6.45, 7) is 5.88. The minimum Gasteiger partial charge on any atom is -0.464 e. The molecular formula is C19H18FNO2. The highest BCUT2D eigenvalue weighted by Gasteiger charge is 2.13. The van der Waals surface area contributed by atoms with Crippen molar-refractivity contribution in [3.63, 3.8) is 0 Å². The summed E-state index contributed by atoms with van der Waals surface area (Å²) in [6.07, 6.45) is 1.80. The number of carbonyl (C=O) groups is 1. The second-order valence-corrected chi connectivity index (χ2v) is 5.88. The molecule has 1 N–H and O–H groups in total. The minimum absolute atomic E-state index is 0.186. The summed E-state index contributed by atoms with van der Waals surface area (Å²) in [7, 11) is 0. The number of amides is 1. The largest absolute Gasteiger partial charge is 0.464 e. The number of carbonyl (C=O) groups excluding carboxylic acids is 1. The van der Waals surface area contributed by atoms with Gasteiger partial charge in [-0.1, -0.05) is 6.07 Å². The van der Waals surface area contributed by atoms with Crippen molar-refractivity contribution >= 4 is 22.6 Å². The van der Waals surface area contributed by atoms with Gasteiger partial charge in [0.25, 0.3) is 0 Å². The number of rotatable bonds is 3. The zero-order valence-corrected chi connectivity index (χ0v) is 13.4. The second kappa shape index (κ2) is 5.88. The maximum atomic E-state index is 13.3. The van der Waals surface area contributed by atoms with Crippen molar-refractivity contribution in [3.05, 3.63) is 64.7 Å². The molecule has 0 spiro atoms. The molecular weight excluding hydrogens is 293 g/mol. The highest BCUT2D eigenvalue weighted by Crippen LogP contribution is 2.25. The molecule has 0 radical (unpaired) electrons. The topological polar surface area (TPSA) is 42.2 Å². The molecule has 0 atom stereocenters. The predicted octanol–water partition coefficient (Wildman–Crippen LogP) is 4.68. The van der Waals surface area contributed by atoms with Gasteiger partial charge in [-0.05, 0) is 61.7 Å². The van der Waals surface area contributed by atoms with Gasteiger partial charge in [-0.25, -0.2) is 4.39 Å². The lowest BCUT2D eigenvalue weighted by Crippen LogP contribution is -2.15. The molecule has 0 saturated heterocycles. The smallest absolute Gasteiger partial charge is 0.228 e. The van der Waals surface area contributed by atoms with Gasteiger partial charge in [0, 0.05) is 16.6 Å². The van der Waals surface area contributed by atoms with Gasteiger partial charge < -0.3 is 9.73 Å². The van der Waals surface area contributed by atoms with E-state index in [2.05, 4.69) is 5.32 Å². The molecule has 0 aliphatic carbocycles. The van der Waals surface area contributed by atoms with Crippen LogP contribution in [0.5, 0.6) is 0 Å². The van der Waals surface area contributed by atoms with Crippen LogP contribution in [0.3, 0.4) is 0 Å². The van der Waals surface area contributed by atoms with Crippen LogP contribution in [0, 0.1) is 26.6 Å². The number of fused-ring (bicyclic) bond motifs is 1. The van der Waals surface area contributed by atoms with Crippen molar-refractivity contribution in [2.45, 2.75) is 27.2 Å². The van der Waals surface area contributed by atoms with Gasteiger partial charge in [0.1, 0.15) is 11.4 Å². The molecule has 0 fully saturated rings. The van der Waals surface area contributed by atoms with Crippen LogP contribution in [-0.2, 0) is 11.2 Å². The normalized spacial score (nSPS) is 11.0. The van der Waals surface area contributed by atoms with Gasteiger partial charge in [-0.15, -0.1) is 0 Å². The zero-order chi connectivity index (χ0) is 16.6. The number of halogens is 1. The van der Waals surface area contributed by atoms with Gasteiger partial charge in [-0.2, -0.15) is 0 Å². The van der Waals surface area contributed by atoms with E-state index in [0.29, 0.717) is 5.69 Å². The van der Waals surface area contributed by atoms with Crippen LogP contribution in [0.2, 0.25) is 0 Å². The fourth-order valence-corrected chi connectivity index (χ4v) is 2.57. The van der Waals surface area contributed by atoms with Gasteiger partial charge in [0.2, 0.25) is 5.91 Å². The Labute approximate surface area is 134 Å². The first-order chi connectivity index (χ1) is 10.9. The highest BCUT2D eigenvalue weighted by atomic mass is 19.1. The molecule has 1 aromatic heterocycles. The van der Waals surface area contributed by atoms with Crippen LogP contribution in [0.1, 0.15) is 22.3 Å². The quantitative estimate of drug-likeness (QED) is 0.763. The van der Waals surface area contributed by atoms with Gasteiger partial charge in [-0.3, -0.25) is 4.79 Å². The molecule has 2 aromatic carbocycles. The standard InChI is InChI=1S/C19H18FNO2/c1-11-4-5-15(20)9-17(11)21-19(22)8-14-10-23-18-7-13(3)12(2)6-16(14)18/h4-7,9-10H,8H2,1-3H3,(H,21,22). The molecule has 0 aliphatic heterocycles.